The van der Waals surface area contributed by atoms with Crippen LogP contribution in [0, 0.1) is 0 Å². The lowest BCUT2D eigenvalue weighted by molar-refractivity contribution is 0.0608. The molecule has 2 aliphatic rings. The predicted molar refractivity (Wildman–Crippen MR) is 125 cm³/mol. The molecular weight excluding hydrogens is 364 g/mol. The summed E-state index contributed by atoms with van der Waals surface area (Å²) in [6.45, 7) is 5.69. The number of hydrogen-bond acceptors (Lipinski definition) is 2. The molecule has 0 aromatic heterocycles. The van der Waals surface area contributed by atoms with E-state index in [2.05, 4.69) is 101 Å². The molecule has 2 heterocycles. The van der Waals surface area contributed by atoms with Gasteiger partial charge in [0.25, 0.3) is 0 Å². The van der Waals surface area contributed by atoms with Gasteiger partial charge >= 0.3 is 0 Å². The van der Waals surface area contributed by atoms with Gasteiger partial charge in [0, 0.05) is 38.8 Å². The Morgan fingerprint density at radius 1 is 0.733 bits per heavy atom. The van der Waals surface area contributed by atoms with Crippen LogP contribution >= 0.6 is 0 Å². The Hall–Kier alpha value is -2.68. The van der Waals surface area contributed by atoms with Gasteiger partial charge in [-0.3, -0.25) is 9.80 Å². The highest BCUT2D eigenvalue weighted by Crippen LogP contribution is 2.34. The van der Waals surface area contributed by atoms with Crippen LogP contribution in [0.3, 0.4) is 0 Å². The van der Waals surface area contributed by atoms with Crippen molar-refractivity contribution >= 4 is 5.57 Å². The Bertz CT molecular complexity index is 937. The van der Waals surface area contributed by atoms with Crippen LogP contribution in [-0.2, 0) is 6.54 Å². The van der Waals surface area contributed by atoms with Crippen LogP contribution in [0.4, 0.5) is 0 Å². The van der Waals surface area contributed by atoms with Crippen molar-refractivity contribution in [2.75, 3.05) is 26.2 Å². The first-order chi connectivity index (χ1) is 14.9. The van der Waals surface area contributed by atoms with Gasteiger partial charge in [-0.2, -0.15) is 0 Å². The van der Waals surface area contributed by atoms with Crippen molar-refractivity contribution in [2.24, 2.45) is 0 Å². The molecule has 1 unspecified atom stereocenters. The van der Waals surface area contributed by atoms with E-state index in [0.29, 0.717) is 6.04 Å². The van der Waals surface area contributed by atoms with Crippen LogP contribution in [0.25, 0.3) is 5.57 Å². The van der Waals surface area contributed by atoms with Crippen LogP contribution in [0.15, 0.2) is 96.6 Å². The van der Waals surface area contributed by atoms with E-state index in [1.165, 1.54) is 41.6 Å². The maximum Gasteiger partial charge on any atom is 0.0234 e. The lowest BCUT2D eigenvalue weighted by atomic mass is 9.86. The highest BCUT2D eigenvalue weighted by Gasteiger charge is 2.31. The Balaban J connectivity index is 1.36. The summed E-state index contributed by atoms with van der Waals surface area (Å²) >= 11 is 0. The summed E-state index contributed by atoms with van der Waals surface area (Å²) in [4.78, 5) is 5.37. The van der Waals surface area contributed by atoms with Gasteiger partial charge in [0.05, 0.1) is 0 Å². The van der Waals surface area contributed by atoms with Crippen molar-refractivity contribution in [2.45, 2.75) is 25.4 Å². The Morgan fingerprint density at radius 2 is 1.33 bits per heavy atom. The fourth-order valence-corrected chi connectivity index (χ4v) is 5.08. The number of hydrogen-bond donors (Lipinski definition) is 0. The zero-order chi connectivity index (χ0) is 20.2. The highest BCUT2D eigenvalue weighted by molar-refractivity contribution is 5.82. The SMILES string of the molecule is c1ccc(CN2CCN3CC(=C(c4ccccc4)c4ccccc4)CCC3C2)cc1. The van der Waals surface area contributed by atoms with Gasteiger partial charge in [-0.1, -0.05) is 91.0 Å². The standard InChI is InChI=1S/C28H30N2/c1-4-10-23(11-5-1)20-29-18-19-30-21-26(16-17-27(30)22-29)28(24-12-6-2-7-13-24)25-14-8-3-9-15-25/h1-15,27H,16-22H2. The van der Waals surface area contributed by atoms with E-state index in [9.17, 15) is 0 Å². The number of piperidine rings is 1. The third-order valence-corrected chi connectivity index (χ3v) is 6.59. The topological polar surface area (TPSA) is 6.48 Å². The van der Waals surface area contributed by atoms with Crippen molar-refractivity contribution in [3.63, 3.8) is 0 Å². The number of benzene rings is 3. The minimum absolute atomic E-state index is 0.680. The van der Waals surface area contributed by atoms with E-state index in [1.807, 2.05) is 0 Å². The second-order valence-electron chi connectivity index (χ2n) is 8.59. The molecule has 0 spiro atoms. The summed E-state index contributed by atoms with van der Waals surface area (Å²) < 4.78 is 0. The van der Waals surface area contributed by atoms with Gasteiger partial charge in [0.1, 0.15) is 0 Å². The first kappa shape index (κ1) is 19.3. The van der Waals surface area contributed by atoms with Crippen LogP contribution in [0.5, 0.6) is 0 Å². The summed E-state index contributed by atoms with van der Waals surface area (Å²) in [5, 5.41) is 0. The number of piperazine rings is 1. The summed E-state index contributed by atoms with van der Waals surface area (Å²) in [6.07, 6.45) is 2.45. The maximum absolute atomic E-state index is 2.73. The van der Waals surface area contributed by atoms with Crippen molar-refractivity contribution in [1.82, 2.24) is 9.80 Å². The molecule has 0 radical (unpaired) electrons. The normalized spacial score (nSPS) is 20.0. The molecule has 2 nitrogen and oxygen atoms in total. The lowest BCUT2D eigenvalue weighted by Gasteiger charge is -2.45. The second kappa shape index (κ2) is 8.99. The summed E-state index contributed by atoms with van der Waals surface area (Å²) in [5.74, 6) is 0. The molecule has 0 N–H and O–H groups in total. The molecule has 2 saturated heterocycles. The number of fused-ring (bicyclic) bond motifs is 1. The van der Waals surface area contributed by atoms with Crippen LogP contribution in [0.2, 0.25) is 0 Å². The molecule has 30 heavy (non-hydrogen) atoms. The fourth-order valence-electron chi connectivity index (χ4n) is 5.08. The minimum atomic E-state index is 0.680. The molecule has 0 aliphatic carbocycles. The van der Waals surface area contributed by atoms with Gasteiger partial charge < -0.3 is 0 Å². The van der Waals surface area contributed by atoms with Crippen molar-refractivity contribution in [1.29, 1.82) is 0 Å². The third-order valence-electron chi connectivity index (χ3n) is 6.59. The van der Waals surface area contributed by atoms with Crippen molar-refractivity contribution in [3.05, 3.63) is 113 Å². The Morgan fingerprint density at radius 3 is 1.97 bits per heavy atom. The van der Waals surface area contributed by atoms with Crippen molar-refractivity contribution < 1.29 is 0 Å². The molecule has 5 rings (SSSR count). The third kappa shape index (κ3) is 4.26. The van der Waals surface area contributed by atoms with Gasteiger partial charge in [-0.25, -0.2) is 0 Å². The largest absolute Gasteiger partial charge is 0.296 e. The van der Waals surface area contributed by atoms with E-state index >= 15 is 0 Å². The molecule has 2 heteroatoms. The first-order valence-electron chi connectivity index (χ1n) is 11.2. The van der Waals surface area contributed by atoms with Crippen LogP contribution in [-0.4, -0.2) is 42.0 Å². The number of nitrogens with zero attached hydrogens (tertiary/aromatic N) is 2. The van der Waals surface area contributed by atoms with E-state index in [1.54, 1.807) is 5.57 Å². The van der Waals surface area contributed by atoms with Crippen LogP contribution < -0.4 is 0 Å². The Kier molecular flexibility index (Phi) is 5.78. The summed E-state index contributed by atoms with van der Waals surface area (Å²) in [6, 6.07) is 33.5. The smallest absolute Gasteiger partial charge is 0.0234 e. The van der Waals surface area contributed by atoms with E-state index in [-0.39, 0.29) is 0 Å². The highest BCUT2D eigenvalue weighted by atomic mass is 15.3. The molecule has 0 amide bonds. The zero-order valence-corrected chi connectivity index (χ0v) is 17.6. The van der Waals surface area contributed by atoms with E-state index < -0.39 is 0 Å². The first-order valence-corrected chi connectivity index (χ1v) is 11.2. The Labute approximate surface area is 180 Å². The second-order valence-corrected chi connectivity index (χ2v) is 8.59. The van der Waals surface area contributed by atoms with Crippen LogP contribution in [0.1, 0.15) is 29.5 Å². The zero-order valence-electron chi connectivity index (χ0n) is 17.6. The maximum atomic E-state index is 2.73. The average molecular weight is 395 g/mol. The molecular formula is C28H30N2. The molecule has 3 aromatic rings. The van der Waals surface area contributed by atoms with Gasteiger partial charge in [0.15, 0.2) is 0 Å². The number of rotatable bonds is 4. The molecule has 2 fully saturated rings. The summed E-state index contributed by atoms with van der Waals surface area (Å²) in [7, 11) is 0. The molecule has 0 bridgehead atoms. The molecule has 0 saturated carbocycles. The van der Waals surface area contributed by atoms with Crippen molar-refractivity contribution in [3.8, 4) is 0 Å². The van der Waals surface area contributed by atoms with Gasteiger partial charge in [-0.05, 0) is 40.7 Å². The van der Waals surface area contributed by atoms with Gasteiger partial charge in [0.2, 0.25) is 0 Å². The fraction of sp³-hybridized carbons (Fsp3) is 0.286. The van der Waals surface area contributed by atoms with E-state index in [4.69, 9.17) is 0 Å². The quantitative estimate of drug-likeness (QED) is 0.579. The summed E-state index contributed by atoms with van der Waals surface area (Å²) in [5.41, 5.74) is 7.17. The lowest BCUT2D eigenvalue weighted by Crippen LogP contribution is -2.54. The monoisotopic (exact) mass is 394 g/mol. The molecule has 2 aliphatic heterocycles. The molecule has 152 valence electrons. The van der Waals surface area contributed by atoms with Gasteiger partial charge in [-0.15, -0.1) is 0 Å². The van der Waals surface area contributed by atoms with E-state index in [0.717, 1.165) is 26.2 Å². The minimum Gasteiger partial charge on any atom is -0.296 e. The molecule has 3 aromatic carbocycles. The predicted octanol–water partition coefficient (Wildman–Crippen LogP) is 5.47. The molecule has 1 atom stereocenters. The average Bonchev–Trinajstić information content (AvgIpc) is 2.81.